The second-order valence-electron chi connectivity index (χ2n) is 9.94. The van der Waals surface area contributed by atoms with Gasteiger partial charge in [0.05, 0.1) is 29.7 Å². The molecule has 7 nitrogen and oxygen atoms in total. The first kappa shape index (κ1) is 28.5. The minimum absolute atomic E-state index is 0.0963. The highest BCUT2D eigenvalue weighted by atomic mass is 79.9. The van der Waals surface area contributed by atoms with Gasteiger partial charge in [-0.15, -0.1) is 0 Å². The lowest BCUT2D eigenvalue weighted by molar-refractivity contribution is 0.0271. The van der Waals surface area contributed by atoms with E-state index in [0.29, 0.717) is 30.3 Å². The lowest BCUT2D eigenvalue weighted by Gasteiger charge is -2.26. The van der Waals surface area contributed by atoms with Gasteiger partial charge in [0.15, 0.2) is 5.82 Å². The van der Waals surface area contributed by atoms with E-state index in [2.05, 4.69) is 36.6 Å². The molecule has 3 aromatic rings. The molecule has 1 aliphatic heterocycles. The maximum Gasteiger partial charge on any atom is 0.277 e. The van der Waals surface area contributed by atoms with E-state index in [1.54, 1.807) is 12.4 Å². The fourth-order valence-electron chi connectivity index (χ4n) is 4.75. The number of hydrogen-bond acceptors (Lipinski definition) is 5. The van der Waals surface area contributed by atoms with E-state index in [1.165, 1.54) is 19.3 Å². The van der Waals surface area contributed by atoms with Crippen LogP contribution in [0.15, 0.2) is 35.1 Å². The highest BCUT2D eigenvalue weighted by molar-refractivity contribution is 9.10. The molecular formula is C29H39BrFN5O2. The molecule has 1 aromatic heterocycles. The van der Waals surface area contributed by atoms with Crippen LogP contribution in [0.2, 0.25) is 0 Å². The quantitative estimate of drug-likeness (QED) is 0.251. The van der Waals surface area contributed by atoms with Gasteiger partial charge in [-0.1, -0.05) is 36.2 Å². The number of likely N-dealkylation sites (tertiary alicyclic amines) is 1. The summed E-state index contributed by atoms with van der Waals surface area (Å²) in [7, 11) is 0. The smallest absolute Gasteiger partial charge is 0.277 e. The Kier molecular flexibility index (Phi) is 10.2. The molecule has 2 aliphatic rings. The van der Waals surface area contributed by atoms with E-state index in [4.69, 9.17) is 4.84 Å². The van der Waals surface area contributed by atoms with Crippen LogP contribution < -0.4 is 10.8 Å². The predicted molar refractivity (Wildman–Crippen MR) is 154 cm³/mol. The summed E-state index contributed by atoms with van der Waals surface area (Å²) in [5.41, 5.74) is 5.30. The normalized spacial score (nSPS) is 15.7. The number of nitrogens with zero attached hydrogens (tertiary/aromatic N) is 3. The number of rotatable bonds is 10. The van der Waals surface area contributed by atoms with Crippen LogP contribution in [0.4, 0.5) is 15.8 Å². The largest absolute Gasteiger partial charge is 0.352 e. The first-order chi connectivity index (χ1) is 18.5. The fraction of sp³-hybridized carbons (Fsp3) is 0.517. The Morgan fingerprint density at radius 2 is 1.92 bits per heavy atom. The van der Waals surface area contributed by atoms with E-state index in [-0.39, 0.29) is 16.8 Å². The molecule has 0 unspecified atom stereocenters. The minimum atomic E-state index is -0.544. The number of amides is 1. The highest BCUT2D eigenvalue weighted by Crippen LogP contribution is 2.33. The van der Waals surface area contributed by atoms with Gasteiger partial charge < -0.3 is 14.8 Å². The number of halogens is 2. The lowest BCUT2D eigenvalue weighted by atomic mass is 10.1. The van der Waals surface area contributed by atoms with Crippen LogP contribution in [-0.2, 0) is 11.4 Å². The summed E-state index contributed by atoms with van der Waals surface area (Å²) in [4.78, 5) is 25.5. The minimum Gasteiger partial charge on any atom is -0.352 e. The SMILES string of the molecule is CC.Cc1cc(Br)ccc1Nc1c(C(=O)NOCC2CC2)cc2c(ncn2CCCN2CCCCC2)c1F. The molecule has 2 fully saturated rings. The Balaban J connectivity index is 0.00000164. The van der Waals surface area contributed by atoms with E-state index >= 15 is 4.39 Å². The molecule has 2 N–H and O–H groups in total. The number of anilines is 2. The topological polar surface area (TPSA) is 71.4 Å². The first-order valence-corrected chi connectivity index (χ1v) is 14.6. The van der Waals surface area contributed by atoms with Gasteiger partial charge >= 0.3 is 0 Å². The van der Waals surface area contributed by atoms with Crippen molar-refractivity contribution in [3.05, 3.63) is 52.0 Å². The molecule has 5 rings (SSSR count). The van der Waals surface area contributed by atoms with Gasteiger partial charge in [0.2, 0.25) is 0 Å². The summed E-state index contributed by atoms with van der Waals surface area (Å²) in [5, 5.41) is 3.15. The summed E-state index contributed by atoms with van der Waals surface area (Å²) in [6.07, 6.45) is 8.67. The van der Waals surface area contributed by atoms with Crippen molar-refractivity contribution < 1.29 is 14.0 Å². The number of benzene rings is 2. The summed E-state index contributed by atoms with van der Waals surface area (Å²) in [5.74, 6) is -0.527. The third kappa shape index (κ3) is 7.12. The number of aromatic nitrogens is 2. The van der Waals surface area contributed by atoms with E-state index < -0.39 is 11.7 Å². The van der Waals surface area contributed by atoms with Crippen molar-refractivity contribution in [2.24, 2.45) is 5.92 Å². The lowest BCUT2D eigenvalue weighted by Crippen LogP contribution is -2.31. The van der Waals surface area contributed by atoms with Crippen LogP contribution in [0.1, 0.15) is 68.3 Å². The number of imidazole rings is 1. The first-order valence-electron chi connectivity index (χ1n) is 13.8. The van der Waals surface area contributed by atoms with Gasteiger partial charge in [-0.3, -0.25) is 9.63 Å². The maximum absolute atomic E-state index is 15.9. The molecule has 1 saturated carbocycles. The van der Waals surface area contributed by atoms with Crippen molar-refractivity contribution in [2.45, 2.75) is 65.8 Å². The fourth-order valence-corrected chi connectivity index (χ4v) is 5.23. The number of carbonyl (C=O) groups excluding carboxylic acids is 1. The van der Waals surface area contributed by atoms with E-state index in [0.717, 1.165) is 48.9 Å². The zero-order valence-corrected chi connectivity index (χ0v) is 24.2. The van der Waals surface area contributed by atoms with Crippen molar-refractivity contribution in [2.75, 3.05) is 31.6 Å². The monoisotopic (exact) mass is 587 g/mol. The molecular weight excluding hydrogens is 549 g/mol. The van der Waals surface area contributed by atoms with Crippen LogP contribution >= 0.6 is 15.9 Å². The molecule has 0 spiro atoms. The molecule has 9 heteroatoms. The summed E-state index contributed by atoms with van der Waals surface area (Å²) in [6.45, 7) is 10.4. The molecule has 2 heterocycles. The molecule has 1 saturated heterocycles. The van der Waals surface area contributed by atoms with Crippen molar-refractivity contribution in [3.8, 4) is 0 Å². The number of hydrogen-bond donors (Lipinski definition) is 2. The van der Waals surface area contributed by atoms with E-state index in [9.17, 15) is 4.79 Å². The van der Waals surface area contributed by atoms with Gasteiger partial charge in [-0.2, -0.15) is 0 Å². The van der Waals surface area contributed by atoms with Crippen molar-refractivity contribution in [1.29, 1.82) is 0 Å². The van der Waals surface area contributed by atoms with Gasteiger partial charge in [0, 0.05) is 16.7 Å². The van der Waals surface area contributed by atoms with E-state index in [1.807, 2.05) is 43.5 Å². The number of piperidine rings is 1. The Morgan fingerprint density at radius 3 is 2.63 bits per heavy atom. The molecule has 1 aliphatic carbocycles. The van der Waals surface area contributed by atoms with Crippen molar-refractivity contribution >= 4 is 44.2 Å². The van der Waals surface area contributed by atoms with Crippen LogP contribution in [-0.4, -0.2) is 46.6 Å². The maximum atomic E-state index is 15.9. The third-order valence-corrected chi connectivity index (χ3v) is 7.54. The van der Waals surface area contributed by atoms with Gasteiger partial charge in [0.25, 0.3) is 5.91 Å². The molecule has 1 amide bonds. The van der Waals surface area contributed by atoms with Crippen molar-refractivity contribution in [1.82, 2.24) is 19.9 Å². The number of nitrogens with one attached hydrogen (secondary N) is 2. The zero-order valence-electron chi connectivity index (χ0n) is 22.7. The van der Waals surface area contributed by atoms with Crippen molar-refractivity contribution in [3.63, 3.8) is 0 Å². The summed E-state index contributed by atoms with van der Waals surface area (Å²) < 4.78 is 18.8. The average Bonchev–Trinajstić information content (AvgIpc) is 3.66. The second kappa shape index (κ2) is 13.5. The second-order valence-corrected chi connectivity index (χ2v) is 10.9. The number of hydroxylamine groups is 1. The zero-order chi connectivity index (χ0) is 27.1. The summed E-state index contributed by atoms with van der Waals surface area (Å²) >= 11 is 3.46. The van der Waals surface area contributed by atoms with Crippen LogP contribution in [0.3, 0.4) is 0 Å². The number of aryl methyl sites for hydroxylation is 2. The Bertz CT molecular complexity index is 1240. The molecule has 0 atom stereocenters. The van der Waals surface area contributed by atoms with Gasteiger partial charge in [0.1, 0.15) is 5.52 Å². The molecule has 38 heavy (non-hydrogen) atoms. The van der Waals surface area contributed by atoms with Crippen LogP contribution in [0.25, 0.3) is 11.0 Å². The standard InChI is InChI=1S/C27H33BrFN5O2.C2H6/c1-18-14-20(28)8-9-22(18)31-25-21(27(35)32-36-16-19-6-7-19)15-23-26(24(25)29)30-17-34(23)13-5-12-33-10-3-2-4-11-33;1-2/h8-9,14-15,17,19,31H,2-7,10-13,16H2,1H3,(H,32,35);1-2H3. The Hall–Kier alpha value is -2.49. The van der Waals surface area contributed by atoms with Crippen LogP contribution in [0.5, 0.6) is 0 Å². The molecule has 2 aromatic carbocycles. The van der Waals surface area contributed by atoms with Gasteiger partial charge in [-0.25, -0.2) is 14.9 Å². The highest BCUT2D eigenvalue weighted by Gasteiger charge is 2.25. The third-order valence-electron chi connectivity index (χ3n) is 7.05. The van der Waals surface area contributed by atoms with Crippen LogP contribution in [0, 0.1) is 18.7 Å². The van der Waals surface area contributed by atoms with Gasteiger partial charge in [-0.05, 0) is 94.4 Å². The predicted octanol–water partition coefficient (Wildman–Crippen LogP) is 6.96. The Morgan fingerprint density at radius 1 is 1.16 bits per heavy atom. The summed E-state index contributed by atoms with van der Waals surface area (Å²) in [6, 6.07) is 7.39. The molecule has 206 valence electrons. The number of fused-ring (bicyclic) bond motifs is 1. The molecule has 0 bridgehead atoms. The molecule has 0 radical (unpaired) electrons. The average molecular weight is 589 g/mol. The number of carbonyl (C=O) groups is 1. The Labute approximate surface area is 233 Å².